The fourth-order valence-corrected chi connectivity index (χ4v) is 6.93. The number of aromatic nitrogens is 3. The van der Waals surface area contributed by atoms with Crippen LogP contribution in [0.15, 0.2) is 24.7 Å². The van der Waals surface area contributed by atoms with Crippen LogP contribution in [-0.4, -0.2) is 68.7 Å². The Morgan fingerprint density at radius 3 is 2.47 bits per heavy atom. The lowest BCUT2D eigenvalue weighted by Gasteiger charge is -2.38. The Hall–Kier alpha value is -2.50. The topological polar surface area (TPSA) is 117 Å². The third kappa shape index (κ3) is 7.04. The summed E-state index contributed by atoms with van der Waals surface area (Å²) in [4.78, 5) is 23.8. The molecule has 3 heterocycles. The number of hydrogen-bond donors (Lipinski definition) is 1. The standard InChI is InChI=1S/C25H36FN5O4S/c1-18-11-22(20(3)27-13-18)6-5-21-7-9-30(10-8-21)36(34,35)16-25(4,31(33)17-32)12-19(2)24-28-14-23(26)15-29-24/h11,13-15,17,19,21,33H,5-10,12,16H2,1-4H3/t19-,25-/m0/s1. The minimum absolute atomic E-state index is 0.0768. The van der Waals surface area contributed by atoms with Gasteiger partial charge in [-0.05, 0) is 69.9 Å². The van der Waals surface area contributed by atoms with E-state index in [0.717, 1.165) is 49.3 Å². The molecule has 0 bridgehead atoms. The first kappa shape index (κ1) is 28.1. The first-order valence-corrected chi connectivity index (χ1v) is 13.9. The quantitative estimate of drug-likeness (QED) is 0.274. The molecular weight excluding hydrogens is 485 g/mol. The smallest absolute Gasteiger partial charge is 0.233 e. The lowest BCUT2D eigenvalue weighted by Crippen LogP contribution is -2.53. The summed E-state index contributed by atoms with van der Waals surface area (Å²) >= 11 is 0. The van der Waals surface area contributed by atoms with E-state index in [2.05, 4.69) is 21.0 Å². The van der Waals surface area contributed by atoms with Crippen molar-refractivity contribution in [1.82, 2.24) is 24.3 Å². The SMILES string of the molecule is Cc1cnc(C)c(CCC2CCN(S(=O)(=O)C[C@](C)(C[C@H](C)c3ncc(F)cn3)N(O)C=O)CC2)c1. The molecule has 0 aromatic carbocycles. The van der Waals surface area contributed by atoms with Crippen LogP contribution in [0, 0.1) is 25.6 Å². The molecule has 36 heavy (non-hydrogen) atoms. The Morgan fingerprint density at radius 1 is 1.22 bits per heavy atom. The van der Waals surface area contributed by atoms with Gasteiger partial charge in [-0.25, -0.2) is 32.1 Å². The molecule has 1 aliphatic heterocycles. The Labute approximate surface area is 212 Å². The van der Waals surface area contributed by atoms with E-state index >= 15 is 0 Å². The van der Waals surface area contributed by atoms with Gasteiger partial charge in [0.25, 0.3) is 0 Å². The molecule has 9 nitrogen and oxygen atoms in total. The van der Waals surface area contributed by atoms with Gasteiger partial charge in [-0.1, -0.05) is 13.0 Å². The monoisotopic (exact) mass is 521 g/mol. The van der Waals surface area contributed by atoms with E-state index in [4.69, 9.17) is 0 Å². The van der Waals surface area contributed by atoms with Gasteiger partial charge in [0.15, 0.2) is 5.82 Å². The summed E-state index contributed by atoms with van der Waals surface area (Å²) in [6.07, 6.45) is 7.61. The molecule has 1 N–H and O–H groups in total. The lowest BCUT2D eigenvalue weighted by molar-refractivity contribution is -0.175. The van der Waals surface area contributed by atoms with E-state index in [1.54, 1.807) is 6.92 Å². The zero-order chi connectivity index (χ0) is 26.5. The first-order chi connectivity index (χ1) is 16.9. The average Bonchev–Trinajstić information content (AvgIpc) is 2.84. The average molecular weight is 522 g/mol. The maximum atomic E-state index is 13.3. The number of piperidine rings is 1. The number of rotatable bonds is 11. The lowest BCUT2D eigenvalue weighted by atomic mass is 9.90. The number of nitrogens with zero attached hydrogens (tertiary/aromatic N) is 5. The molecule has 11 heteroatoms. The number of halogens is 1. The van der Waals surface area contributed by atoms with Crippen molar-refractivity contribution in [3.8, 4) is 0 Å². The molecule has 1 aliphatic rings. The number of hydrogen-bond acceptors (Lipinski definition) is 7. The summed E-state index contributed by atoms with van der Waals surface area (Å²) in [5.41, 5.74) is 1.98. The fraction of sp³-hybridized carbons (Fsp3) is 0.600. The number of carbonyl (C=O) groups is 1. The van der Waals surface area contributed by atoms with E-state index in [-0.39, 0.29) is 12.8 Å². The van der Waals surface area contributed by atoms with Crippen molar-refractivity contribution in [2.24, 2.45) is 5.92 Å². The van der Waals surface area contributed by atoms with E-state index in [0.29, 0.717) is 29.9 Å². The molecule has 0 spiro atoms. The summed E-state index contributed by atoms with van der Waals surface area (Å²) in [5.74, 6) is -0.728. The van der Waals surface area contributed by atoms with E-state index < -0.39 is 33.1 Å². The summed E-state index contributed by atoms with van der Waals surface area (Å²) in [7, 11) is -3.77. The third-order valence-electron chi connectivity index (χ3n) is 7.09. The Morgan fingerprint density at radius 2 is 1.86 bits per heavy atom. The highest BCUT2D eigenvalue weighted by molar-refractivity contribution is 7.89. The van der Waals surface area contributed by atoms with Gasteiger partial charge < -0.3 is 0 Å². The van der Waals surface area contributed by atoms with Gasteiger partial charge in [-0.3, -0.25) is 15.0 Å². The third-order valence-corrected chi connectivity index (χ3v) is 9.23. The maximum Gasteiger partial charge on any atom is 0.233 e. The van der Waals surface area contributed by atoms with Crippen LogP contribution in [0.4, 0.5) is 4.39 Å². The molecule has 2 aromatic rings. The van der Waals surface area contributed by atoms with Crippen molar-refractivity contribution >= 4 is 16.4 Å². The number of sulfonamides is 1. The summed E-state index contributed by atoms with van der Waals surface area (Å²) in [6, 6.07) is 2.16. The Balaban J connectivity index is 1.62. The van der Waals surface area contributed by atoms with Crippen LogP contribution < -0.4 is 0 Å². The van der Waals surface area contributed by atoms with Gasteiger partial charge in [-0.2, -0.15) is 0 Å². The van der Waals surface area contributed by atoms with Gasteiger partial charge in [-0.15, -0.1) is 0 Å². The summed E-state index contributed by atoms with van der Waals surface area (Å²) < 4.78 is 41.3. The molecule has 0 radical (unpaired) electrons. The molecule has 1 fully saturated rings. The highest BCUT2D eigenvalue weighted by Gasteiger charge is 2.41. The molecular formula is C25H36FN5O4S. The van der Waals surface area contributed by atoms with Crippen LogP contribution in [0.25, 0.3) is 0 Å². The van der Waals surface area contributed by atoms with Crippen LogP contribution >= 0.6 is 0 Å². The van der Waals surface area contributed by atoms with Crippen molar-refractivity contribution in [3.63, 3.8) is 0 Å². The van der Waals surface area contributed by atoms with Crippen LogP contribution in [0.3, 0.4) is 0 Å². The number of hydroxylamine groups is 2. The summed E-state index contributed by atoms with van der Waals surface area (Å²) in [6.45, 7) is 8.10. The second-order valence-electron chi connectivity index (χ2n) is 10.2. The van der Waals surface area contributed by atoms with Gasteiger partial charge in [0, 0.05) is 30.9 Å². The van der Waals surface area contributed by atoms with Gasteiger partial charge >= 0.3 is 0 Å². The molecule has 0 unspecified atom stereocenters. The molecule has 0 saturated carbocycles. The van der Waals surface area contributed by atoms with Gasteiger partial charge in [0.2, 0.25) is 16.4 Å². The zero-order valence-corrected chi connectivity index (χ0v) is 22.2. The van der Waals surface area contributed by atoms with Crippen molar-refractivity contribution < 1.29 is 22.8 Å². The van der Waals surface area contributed by atoms with E-state index in [1.807, 2.05) is 20.0 Å². The van der Waals surface area contributed by atoms with Gasteiger partial charge in [0.05, 0.1) is 23.7 Å². The number of amides is 1. The van der Waals surface area contributed by atoms with Crippen molar-refractivity contribution in [2.45, 2.75) is 71.3 Å². The number of pyridine rings is 1. The largest absolute Gasteiger partial charge is 0.286 e. The summed E-state index contributed by atoms with van der Waals surface area (Å²) in [5, 5.41) is 10.7. The second kappa shape index (κ2) is 11.7. The van der Waals surface area contributed by atoms with Crippen molar-refractivity contribution in [3.05, 3.63) is 53.1 Å². The molecule has 1 saturated heterocycles. The minimum Gasteiger partial charge on any atom is -0.286 e. The molecule has 2 aromatic heterocycles. The molecule has 2 atom stereocenters. The fourth-order valence-electron chi connectivity index (χ4n) is 4.94. The molecule has 198 valence electrons. The molecule has 0 aliphatic carbocycles. The predicted molar refractivity (Wildman–Crippen MR) is 133 cm³/mol. The van der Waals surface area contributed by atoms with Crippen molar-refractivity contribution in [1.29, 1.82) is 0 Å². The Kier molecular flexibility index (Phi) is 9.13. The molecule has 3 rings (SSSR count). The van der Waals surface area contributed by atoms with Crippen LogP contribution in [0.2, 0.25) is 0 Å². The highest BCUT2D eigenvalue weighted by atomic mass is 32.2. The van der Waals surface area contributed by atoms with Crippen LogP contribution in [0.5, 0.6) is 0 Å². The zero-order valence-electron chi connectivity index (χ0n) is 21.4. The number of carbonyl (C=O) groups excluding carboxylic acids is 1. The van der Waals surface area contributed by atoms with E-state index in [9.17, 15) is 22.8 Å². The van der Waals surface area contributed by atoms with Gasteiger partial charge in [0.1, 0.15) is 5.82 Å². The van der Waals surface area contributed by atoms with Crippen molar-refractivity contribution in [2.75, 3.05) is 18.8 Å². The van der Waals surface area contributed by atoms with Crippen LogP contribution in [0.1, 0.15) is 68.1 Å². The normalized spacial score (nSPS) is 17.9. The molecule has 1 amide bonds. The minimum atomic E-state index is -3.77. The second-order valence-corrected chi connectivity index (χ2v) is 12.2. The number of aryl methyl sites for hydroxylation is 3. The maximum absolute atomic E-state index is 13.3. The highest BCUT2D eigenvalue weighted by Crippen LogP contribution is 2.31. The van der Waals surface area contributed by atoms with Crippen LogP contribution in [-0.2, 0) is 21.2 Å². The predicted octanol–water partition coefficient (Wildman–Crippen LogP) is 3.40. The first-order valence-electron chi connectivity index (χ1n) is 12.2. The van der Waals surface area contributed by atoms with E-state index in [1.165, 1.54) is 16.8 Å². The Bertz CT molecular complexity index is 1140.